The average molecular weight is 295 g/mol. The molecule has 0 saturated heterocycles. The molecule has 100 valence electrons. The van der Waals surface area contributed by atoms with Gasteiger partial charge < -0.3 is 0 Å². The van der Waals surface area contributed by atoms with Crippen LogP contribution in [-0.4, -0.2) is 25.2 Å². The highest BCUT2D eigenvalue weighted by atomic mass is 32.2. The molecule has 0 N–H and O–H groups in total. The van der Waals surface area contributed by atoms with Crippen LogP contribution in [0.5, 0.6) is 0 Å². The van der Waals surface area contributed by atoms with Gasteiger partial charge in [-0.15, -0.1) is 0 Å². The van der Waals surface area contributed by atoms with Crippen molar-refractivity contribution in [2.45, 2.75) is 10.3 Å². The third-order valence-electron chi connectivity index (χ3n) is 3.29. The predicted octanol–water partition coefficient (Wildman–Crippen LogP) is 1.58. The van der Waals surface area contributed by atoms with Gasteiger partial charge in [0, 0.05) is 25.9 Å². The number of aryl methyl sites for hydroxylation is 1. The molecule has 1 aliphatic rings. The minimum atomic E-state index is -3.63. The molecule has 3 rings (SSSR count). The Labute approximate surface area is 117 Å². The Bertz CT molecular complexity index is 752. The van der Waals surface area contributed by atoms with E-state index in [4.69, 9.17) is 0 Å². The summed E-state index contributed by atoms with van der Waals surface area (Å²) < 4.78 is 27.9. The fourth-order valence-corrected chi connectivity index (χ4v) is 4.19. The lowest BCUT2D eigenvalue weighted by molar-refractivity contribution is 0.586. The standard InChI is InChI=1S/C12H13N3O2S2/c1-14-7-9-11(18)8-5-3-4-6-10(8)15(2)19(16,17)12(9)13-14/h3-7,11,18H,1-2H3. The topological polar surface area (TPSA) is 55.2 Å². The van der Waals surface area contributed by atoms with Crippen LogP contribution in [0, 0.1) is 0 Å². The van der Waals surface area contributed by atoms with Crippen LogP contribution >= 0.6 is 12.6 Å². The first kappa shape index (κ1) is 12.6. The van der Waals surface area contributed by atoms with Crippen molar-refractivity contribution in [2.24, 2.45) is 7.05 Å². The van der Waals surface area contributed by atoms with Crippen LogP contribution in [0.15, 0.2) is 35.5 Å². The third-order valence-corrected chi connectivity index (χ3v) is 5.57. The molecule has 0 amide bonds. The van der Waals surface area contributed by atoms with Crippen LogP contribution < -0.4 is 4.31 Å². The number of sulfonamides is 1. The molecule has 2 heterocycles. The van der Waals surface area contributed by atoms with Gasteiger partial charge >= 0.3 is 0 Å². The van der Waals surface area contributed by atoms with Crippen molar-refractivity contribution in [3.63, 3.8) is 0 Å². The van der Waals surface area contributed by atoms with Crippen molar-refractivity contribution in [1.82, 2.24) is 9.78 Å². The van der Waals surface area contributed by atoms with Gasteiger partial charge in [0.1, 0.15) is 0 Å². The number of para-hydroxylation sites is 1. The van der Waals surface area contributed by atoms with Gasteiger partial charge in [-0.25, -0.2) is 0 Å². The molecule has 0 spiro atoms. The maximum Gasteiger partial charge on any atom is 0.283 e. The number of hydrogen-bond acceptors (Lipinski definition) is 4. The minimum absolute atomic E-state index is 0.0775. The molecular formula is C12H13N3O2S2. The summed E-state index contributed by atoms with van der Waals surface area (Å²) in [6.07, 6.45) is 1.71. The molecule has 19 heavy (non-hydrogen) atoms. The predicted molar refractivity (Wildman–Crippen MR) is 76.1 cm³/mol. The Morgan fingerprint density at radius 1 is 1.21 bits per heavy atom. The van der Waals surface area contributed by atoms with Gasteiger partial charge in [0.2, 0.25) is 5.03 Å². The van der Waals surface area contributed by atoms with Crippen molar-refractivity contribution >= 4 is 28.3 Å². The lowest BCUT2D eigenvalue weighted by atomic mass is 10.1. The van der Waals surface area contributed by atoms with Gasteiger partial charge in [-0.05, 0) is 11.6 Å². The molecule has 2 aromatic rings. The van der Waals surface area contributed by atoms with E-state index < -0.39 is 10.0 Å². The molecule has 5 nitrogen and oxygen atoms in total. The molecule has 1 atom stereocenters. The van der Waals surface area contributed by atoms with E-state index >= 15 is 0 Å². The summed E-state index contributed by atoms with van der Waals surface area (Å²) in [5, 5.41) is 3.86. The SMILES string of the molecule is CN1c2ccccc2C(S)c2cn(C)nc2S1(=O)=O. The molecule has 0 saturated carbocycles. The van der Waals surface area contributed by atoms with E-state index in [9.17, 15) is 8.42 Å². The summed E-state index contributed by atoms with van der Waals surface area (Å²) in [6, 6.07) is 7.36. The highest BCUT2D eigenvalue weighted by Crippen LogP contribution is 2.42. The number of nitrogens with zero attached hydrogens (tertiary/aromatic N) is 3. The Morgan fingerprint density at radius 3 is 2.63 bits per heavy atom. The zero-order chi connectivity index (χ0) is 13.8. The van der Waals surface area contributed by atoms with Gasteiger partial charge in [0.25, 0.3) is 10.0 Å². The van der Waals surface area contributed by atoms with Gasteiger partial charge in [0.15, 0.2) is 0 Å². The quantitative estimate of drug-likeness (QED) is 0.751. The summed E-state index contributed by atoms with van der Waals surface area (Å²) in [4.78, 5) is 0. The Hall–Kier alpha value is -1.47. The number of fused-ring (bicyclic) bond motifs is 2. The summed E-state index contributed by atoms with van der Waals surface area (Å²) in [5.74, 6) is 0. The zero-order valence-electron chi connectivity index (χ0n) is 10.5. The van der Waals surface area contributed by atoms with E-state index in [-0.39, 0.29) is 10.3 Å². The van der Waals surface area contributed by atoms with Gasteiger partial charge in [-0.3, -0.25) is 8.99 Å². The van der Waals surface area contributed by atoms with E-state index in [1.165, 1.54) is 8.99 Å². The molecule has 0 radical (unpaired) electrons. The van der Waals surface area contributed by atoms with Crippen LogP contribution in [0.2, 0.25) is 0 Å². The maximum atomic E-state index is 12.6. The first-order valence-corrected chi connectivity index (χ1v) is 7.68. The molecule has 0 bridgehead atoms. The second-order valence-corrected chi connectivity index (χ2v) is 6.90. The Kier molecular flexibility index (Phi) is 2.65. The fraction of sp³-hybridized carbons (Fsp3) is 0.250. The Morgan fingerprint density at radius 2 is 1.89 bits per heavy atom. The molecule has 1 aromatic carbocycles. The fourth-order valence-electron chi connectivity index (χ4n) is 2.31. The van der Waals surface area contributed by atoms with Crippen molar-refractivity contribution in [1.29, 1.82) is 0 Å². The van der Waals surface area contributed by atoms with Crippen LogP contribution in [-0.2, 0) is 17.1 Å². The van der Waals surface area contributed by atoms with E-state index in [0.29, 0.717) is 11.3 Å². The molecule has 7 heteroatoms. The number of aromatic nitrogens is 2. The minimum Gasteiger partial charge on any atom is -0.274 e. The average Bonchev–Trinajstić information content (AvgIpc) is 2.77. The first-order chi connectivity index (χ1) is 8.93. The van der Waals surface area contributed by atoms with Crippen molar-refractivity contribution < 1.29 is 8.42 Å². The van der Waals surface area contributed by atoms with E-state index in [1.807, 2.05) is 18.2 Å². The second-order valence-electron chi connectivity index (χ2n) is 4.50. The van der Waals surface area contributed by atoms with Crippen molar-refractivity contribution in [3.8, 4) is 0 Å². The molecular weight excluding hydrogens is 282 g/mol. The third kappa shape index (κ3) is 1.68. The van der Waals surface area contributed by atoms with Gasteiger partial charge in [-0.1, -0.05) is 18.2 Å². The smallest absolute Gasteiger partial charge is 0.274 e. The molecule has 1 unspecified atom stereocenters. The lowest BCUT2D eigenvalue weighted by Crippen LogP contribution is -2.27. The normalized spacial score (nSPS) is 20.6. The largest absolute Gasteiger partial charge is 0.283 e. The summed E-state index contributed by atoms with van der Waals surface area (Å²) >= 11 is 4.58. The van der Waals surface area contributed by atoms with E-state index in [1.54, 1.807) is 26.4 Å². The number of benzene rings is 1. The number of hydrogen-bond donors (Lipinski definition) is 1. The van der Waals surface area contributed by atoms with Crippen molar-refractivity contribution in [3.05, 3.63) is 41.6 Å². The first-order valence-electron chi connectivity index (χ1n) is 5.72. The van der Waals surface area contributed by atoms with Crippen LogP contribution in [0.25, 0.3) is 0 Å². The number of rotatable bonds is 0. The zero-order valence-corrected chi connectivity index (χ0v) is 12.2. The summed E-state index contributed by atoms with van der Waals surface area (Å²) in [6.45, 7) is 0. The van der Waals surface area contributed by atoms with Crippen LogP contribution in [0.1, 0.15) is 16.4 Å². The van der Waals surface area contributed by atoms with Crippen LogP contribution in [0.4, 0.5) is 5.69 Å². The molecule has 1 aromatic heterocycles. The summed E-state index contributed by atoms with van der Waals surface area (Å²) in [7, 11) is -0.385. The maximum absolute atomic E-state index is 12.6. The monoisotopic (exact) mass is 295 g/mol. The van der Waals surface area contributed by atoms with Crippen molar-refractivity contribution in [2.75, 3.05) is 11.4 Å². The van der Waals surface area contributed by atoms with Gasteiger partial charge in [-0.2, -0.15) is 26.1 Å². The second kappa shape index (κ2) is 4.01. The van der Waals surface area contributed by atoms with E-state index in [2.05, 4.69) is 17.7 Å². The van der Waals surface area contributed by atoms with Gasteiger partial charge in [0.05, 0.1) is 10.9 Å². The van der Waals surface area contributed by atoms with Crippen LogP contribution in [0.3, 0.4) is 0 Å². The highest BCUT2D eigenvalue weighted by Gasteiger charge is 2.36. The molecule has 1 aliphatic heterocycles. The molecule has 0 fully saturated rings. The highest BCUT2D eigenvalue weighted by molar-refractivity contribution is 7.92. The lowest BCUT2D eigenvalue weighted by Gasteiger charge is -2.19. The molecule has 0 aliphatic carbocycles. The number of thiol groups is 1. The van der Waals surface area contributed by atoms with E-state index in [0.717, 1.165) is 5.56 Å². The Balaban J connectivity index is 2.40. The number of anilines is 1. The summed E-state index contributed by atoms with van der Waals surface area (Å²) in [5.41, 5.74) is 2.12.